The maximum absolute atomic E-state index is 10.3. The van der Waals surface area contributed by atoms with Crippen molar-refractivity contribution in [3.05, 3.63) is 29.3 Å². The van der Waals surface area contributed by atoms with E-state index < -0.39 is 6.10 Å². The van der Waals surface area contributed by atoms with E-state index in [0.717, 1.165) is 25.3 Å². The second kappa shape index (κ2) is 4.90. The van der Waals surface area contributed by atoms with E-state index in [1.54, 1.807) is 0 Å². The molecular weight excluding hydrogens is 226 g/mol. The van der Waals surface area contributed by atoms with Crippen molar-refractivity contribution in [3.63, 3.8) is 0 Å². The number of likely N-dealkylation sites (tertiary alicyclic amines) is 1. The molecular formula is C15H21NO2. The van der Waals surface area contributed by atoms with Crippen LogP contribution in [0.1, 0.15) is 36.9 Å². The zero-order valence-corrected chi connectivity index (χ0v) is 10.9. The van der Waals surface area contributed by atoms with Gasteiger partial charge in [0.05, 0.1) is 6.04 Å². The molecule has 1 aromatic rings. The van der Waals surface area contributed by atoms with Crippen molar-refractivity contribution >= 4 is 0 Å². The number of aliphatic hydroxyl groups is 1. The van der Waals surface area contributed by atoms with Crippen LogP contribution in [-0.4, -0.2) is 35.8 Å². The van der Waals surface area contributed by atoms with E-state index in [2.05, 4.69) is 30.0 Å². The average Bonchev–Trinajstić information content (AvgIpc) is 2.91. The van der Waals surface area contributed by atoms with Gasteiger partial charge in [-0.05, 0) is 44.0 Å². The minimum atomic E-state index is -0.400. The summed E-state index contributed by atoms with van der Waals surface area (Å²) in [5.74, 6) is 0.953. The number of benzene rings is 1. The van der Waals surface area contributed by atoms with E-state index in [0.29, 0.717) is 6.61 Å². The maximum Gasteiger partial charge on any atom is 0.124 e. The predicted octanol–water partition coefficient (Wildman–Crippen LogP) is 2.14. The summed E-state index contributed by atoms with van der Waals surface area (Å²) in [4.78, 5) is 2.41. The first kappa shape index (κ1) is 12.0. The molecule has 0 aliphatic carbocycles. The van der Waals surface area contributed by atoms with Crippen molar-refractivity contribution in [2.24, 2.45) is 0 Å². The Hall–Kier alpha value is -1.06. The Morgan fingerprint density at radius 2 is 2.11 bits per heavy atom. The quantitative estimate of drug-likeness (QED) is 0.869. The molecule has 0 saturated carbocycles. The second-order valence-corrected chi connectivity index (χ2v) is 5.29. The third-order valence-corrected chi connectivity index (χ3v) is 4.11. The fourth-order valence-corrected chi connectivity index (χ4v) is 3.11. The lowest BCUT2D eigenvalue weighted by atomic mass is 9.94. The number of nitrogens with zero attached hydrogens (tertiary/aromatic N) is 1. The van der Waals surface area contributed by atoms with Crippen LogP contribution in [-0.2, 0) is 6.42 Å². The molecule has 0 spiro atoms. The van der Waals surface area contributed by atoms with Crippen molar-refractivity contribution in [3.8, 4) is 5.75 Å². The molecule has 0 radical (unpaired) electrons. The Kier molecular flexibility index (Phi) is 3.27. The van der Waals surface area contributed by atoms with E-state index in [1.807, 2.05) is 0 Å². The molecule has 0 bridgehead atoms. The summed E-state index contributed by atoms with van der Waals surface area (Å²) >= 11 is 0. The first-order valence-electron chi connectivity index (χ1n) is 6.97. The van der Waals surface area contributed by atoms with E-state index in [1.165, 1.54) is 24.0 Å². The van der Waals surface area contributed by atoms with Gasteiger partial charge < -0.3 is 9.84 Å². The van der Waals surface area contributed by atoms with E-state index in [4.69, 9.17) is 4.74 Å². The molecule has 1 N–H and O–H groups in total. The average molecular weight is 247 g/mol. The zero-order chi connectivity index (χ0) is 12.5. The van der Waals surface area contributed by atoms with Gasteiger partial charge in [-0.15, -0.1) is 0 Å². The lowest BCUT2D eigenvalue weighted by Crippen LogP contribution is -2.41. The number of hydrogen-bond acceptors (Lipinski definition) is 3. The highest BCUT2D eigenvalue weighted by atomic mass is 16.5. The molecule has 3 rings (SSSR count). The monoisotopic (exact) mass is 247 g/mol. The van der Waals surface area contributed by atoms with Crippen molar-refractivity contribution in [2.75, 3.05) is 19.7 Å². The predicted molar refractivity (Wildman–Crippen MR) is 70.9 cm³/mol. The standard InChI is InChI=1S/C15H21NO2/c1-2-11-5-6-14-12(9-11)15(13(17)10-18-14)16-7-3-4-8-16/h5-6,9,13,15,17H,2-4,7-8,10H2,1H3. The van der Waals surface area contributed by atoms with E-state index >= 15 is 0 Å². The Balaban J connectivity index is 1.98. The van der Waals surface area contributed by atoms with E-state index in [-0.39, 0.29) is 6.04 Å². The van der Waals surface area contributed by atoms with Crippen LogP contribution >= 0.6 is 0 Å². The number of ether oxygens (including phenoxy) is 1. The molecule has 0 amide bonds. The minimum Gasteiger partial charge on any atom is -0.490 e. The first-order chi connectivity index (χ1) is 8.79. The van der Waals surface area contributed by atoms with Crippen LogP contribution in [0.15, 0.2) is 18.2 Å². The highest BCUT2D eigenvalue weighted by molar-refractivity contribution is 5.41. The molecule has 1 aromatic carbocycles. The Morgan fingerprint density at radius 1 is 1.33 bits per heavy atom. The van der Waals surface area contributed by atoms with Crippen LogP contribution < -0.4 is 4.74 Å². The topological polar surface area (TPSA) is 32.7 Å². The first-order valence-corrected chi connectivity index (χ1v) is 6.97. The van der Waals surface area contributed by atoms with Gasteiger partial charge >= 0.3 is 0 Å². The SMILES string of the molecule is CCc1ccc2c(c1)C(N1CCCC1)C(O)CO2. The molecule has 3 nitrogen and oxygen atoms in total. The third-order valence-electron chi connectivity index (χ3n) is 4.11. The molecule has 2 atom stereocenters. The Morgan fingerprint density at radius 3 is 2.83 bits per heavy atom. The summed E-state index contributed by atoms with van der Waals surface area (Å²) in [7, 11) is 0. The molecule has 3 heteroatoms. The molecule has 1 fully saturated rings. The second-order valence-electron chi connectivity index (χ2n) is 5.29. The lowest BCUT2D eigenvalue weighted by Gasteiger charge is -2.36. The smallest absolute Gasteiger partial charge is 0.124 e. The number of hydrogen-bond donors (Lipinski definition) is 1. The van der Waals surface area contributed by atoms with Crippen LogP contribution in [0, 0.1) is 0 Å². The number of fused-ring (bicyclic) bond motifs is 1. The van der Waals surface area contributed by atoms with Crippen LogP contribution in [0.3, 0.4) is 0 Å². The fourth-order valence-electron chi connectivity index (χ4n) is 3.11. The molecule has 2 aliphatic heterocycles. The fraction of sp³-hybridized carbons (Fsp3) is 0.600. The van der Waals surface area contributed by atoms with Gasteiger partial charge in [0, 0.05) is 5.56 Å². The van der Waals surface area contributed by atoms with Crippen molar-refractivity contribution in [1.29, 1.82) is 0 Å². The van der Waals surface area contributed by atoms with Crippen LogP contribution in [0.4, 0.5) is 0 Å². The number of rotatable bonds is 2. The molecule has 2 aliphatic rings. The summed E-state index contributed by atoms with van der Waals surface area (Å²) in [6, 6.07) is 6.52. The molecule has 0 aromatic heterocycles. The Labute approximate surface area is 108 Å². The summed E-state index contributed by atoms with van der Waals surface area (Å²) in [5, 5.41) is 10.3. The van der Waals surface area contributed by atoms with Gasteiger partial charge in [-0.2, -0.15) is 0 Å². The van der Waals surface area contributed by atoms with Crippen LogP contribution in [0.2, 0.25) is 0 Å². The van der Waals surface area contributed by atoms with Gasteiger partial charge in [0.2, 0.25) is 0 Å². The molecule has 2 unspecified atom stereocenters. The highest BCUT2D eigenvalue weighted by Crippen LogP contribution is 2.38. The van der Waals surface area contributed by atoms with Gasteiger partial charge in [0.15, 0.2) is 0 Å². The van der Waals surface area contributed by atoms with Gasteiger partial charge in [0.25, 0.3) is 0 Å². The zero-order valence-electron chi connectivity index (χ0n) is 10.9. The minimum absolute atomic E-state index is 0.128. The number of aryl methyl sites for hydroxylation is 1. The Bertz CT molecular complexity index is 427. The third kappa shape index (κ3) is 2.02. The highest BCUT2D eigenvalue weighted by Gasteiger charge is 2.35. The van der Waals surface area contributed by atoms with Gasteiger partial charge in [-0.3, -0.25) is 4.90 Å². The summed E-state index contributed by atoms with van der Waals surface area (Å²) in [6.45, 7) is 4.77. The van der Waals surface area contributed by atoms with Gasteiger partial charge in [-0.25, -0.2) is 0 Å². The van der Waals surface area contributed by atoms with E-state index in [9.17, 15) is 5.11 Å². The summed E-state index contributed by atoms with van der Waals surface area (Å²) in [6.07, 6.45) is 3.11. The van der Waals surface area contributed by atoms with Gasteiger partial charge in [0.1, 0.15) is 18.5 Å². The molecule has 2 heterocycles. The van der Waals surface area contributed by atoms with Crippen LogP contribution in [0.25, 0.3) is 0 Å². The van der Waals surface area contributed by atoms with Crippen molar-refractivity contribution < 1.29 is 9.84 Å². The summed E-state index contributed by atoms with van der Waals surface area (Å²) < 4.78 is 5.65. The lowest BCUT2D eigenvalue weighted by molar-refractivity contribution is 0.00872. The molecule has 98 valence electrons. The normalized spacial score (nSPS) is 27.9. The van der Waals surface area contributed by atoms with Crippen molar-refractivity contribution in [1.82, 2.24) is 4.90 Å². The molecule has 18 heavy (non-hydrogen) atoms. The molecule has 1 saturated heterocycles. The van der Waals surface area contributed by atoms with Crippen LogP contribution in [0.5, 0.6) is 5.75 Å². The maximum atomic E-state index is 10.3. The summed E-state index contributed by atoms with van der Waals surface area (Å²) in [5.41, 5.74) is 2.49. The van der Waals surface area contributed by atoms with Crippen molar-refractivity contribution in [2.45, 2.75) is 38.3 Å². The van der Waals surface area contributed by atoms with Gasteiger partial charge in [-0.1, -0.05) is 19.1 Å². The largest absolute Gasteiger partial charge is 0.490 e. The number of aliphatic hydroxyl groups excluding tert-OH is 1.